The molecule has 1 aromatic heterocycles. The standard InChI is InChI=1S/C24H23ClN2O2/c1-15(24(26)28)29-20-10-8-16(9-11-20)12-18-14-23(17-4-2-5-19(25)13-17)27-22-7-3-6-21(18)22/h2,4-5,8-11,13-15H,3,6-7,12H2,1H3,(H2,26,28). The van der Waals surface area contributed by atoms with Crippen LogP contribution in [0.4, 0.5) is 0 Å². The highest BCUT2D eigenvalue weighted by Gasteiger charge is 2.19. The van der Waals surface area contributed by atoms with E-state index in [-0.39, 0.29) is 0 Å². The minimum Gasteiger partial charge on any atom is -0.481 e. The molecule has 1 aliphatic rings. The van der Waals surface area contributed by atoms with Crippen molar-refractivity contribution in [2.45, 2.75) is 38.7 Å². The van der Waals surface area contributed by atoms with E-state index in [0.29, 0.717) is 10.8 Å². The maximum Gasteiger partial charge on any atom is 0.258 e. The molecule has 4 rings (SSSR count). The van der Waals surface area contributed by atoms with Crippen LogP contribution in [0.5, 0.6) is 5.75 Å². The summed E-state index contributed by atoms with van der Waals surface area (Å²) < 4.78 is 5.55. The Bertz CT molecular complexity index is 1050. The number of carbonyl (C=O) groups excluding carboxylic acids is 1. The number of fused-ring (bicyclic) bond motifs is 1. The first-order valence-corrected chi connectivity index (χ1v) is 10.2. The molecule has 0 spiro atoms. The molecule has 1 heterocycles. The van der Waals surface area contributed by atoms with Crippen LogP contribution >= 0.6 is 11.6 Å². The molecule has 2 N–H and O–H groups in total. The summed E-state index contributed by atoms with van der Waals surface area (Å²) in [6, 6.07) is 17.9. The molecule has 29 heavy (non-hydrogen) atoms. The number of rotatable bonds is 6. The SMILES string of the molecule is CC(Oc1ccc(Cc2cc(-c3cccc(Cl)c3)nc3c2CCC3)cc1)C(N)=O. The predicted octanol–water partition coefficient (Wildman–Crippen LogP) is 4.73. The summed E-state index contributed by atoms with van der Waals surface area (Å²) in [5.74, 6) is 0.162. The third-order valence-corrected chi connectivity index (χ3v) is 5.53. The van der Waals surface area contributed by atoms with Crippen LogP contribution < -0.4 is 10.5 Å². The number of hydrogen-bond acceptors (Lipinski definition) is 3. The molecular formula is C24H23ClN2O2. The largest absolute Gasteiger partial charge is 0.481 e. The predicted molar refractivity (Wildman–Crippen MR) is 115 cm³/mol. The van der Waals surface area contributed by atoms with Crippen LogP contribution in [0.1, 0.15) is 35.7 Å². The first-order valence-electron chi connectivity index (χ1n) is 9.82. The van der Waals surface area contributed by atoms with Crippen molar-refractivity contribution in [2.75, 3.05) is 0 Å². The van der Waals surface area contributed by atoms with Gasteiger partial charge in [0, 0.05) is 16.3 Å². The molecule has 0 radical (unpaired) electrons. The number of halogens is 1. The Morgan fingerprint density at radius 2 is 1.97 bits per heavy atom. The third-order valence-electron chi connectivity index (χ3n) is 5.29. The van der Waals surface area contributed by atoms with Gasteiger partial charge in [-0.1, -0.05) is 35.9 Å². The lowest BCUT2D eigenvalue weighted by molar-refractivity contribution is -0.123. The number of aromatic nitrogens is 1. The number of hydrogen-bond donors (Lipinski definition) is 1. The van der Waals surface area contributed by atoms with E-state index in [9.17, 15) is 4.79 Å². The third kappa shape index (κ3) is 4.43. The molecular weight excluding hydrogens is 384 g/mol. The van der Waals surface area contributed by atoms with E-state index in [0.717, 1.165) is 36.9 Å². The minimum atomic E-state index is -0.649. The van der Waals surface area contributed by atoms with E-state index in [1.807, 2.05) is 48.5 Å². The van der Waals surface area contributed by atoms with Crippen LogP contribution in [0.3, 0.4) is 0 Å². The zero-order chi connectivity index (χ0) is 20.4. The molecule has 4 nitrogen and oxygen atoms in total. The van der Waals surface area contributed by atoms with Crippen molar-refractivity contribution < 1.29 is 9.53 Å². The summed E-state index contributed by atoms with van der Waals surface area (Å²) in [6.45, 7) is 1.65. The van der Waals surface area contributed by atoms with Gasteiger partial charge in [-0.15, -0.1) is 0 Å². The van der Waals surface area contributed by atoms with Crippen LogP contribution in [0.25, 0.3) is 11.3 Å². The Morgan fingerprint density at radius 3 is 2.69 bits per heavy atom. The van der Waals surface area contributed by atoms with Crippen LogP contribution in [0, 0.1) is 0 Å². The highest BCUT2D eigenvalue weighted by atomic mass is 35.5. The fourth-order valence-electron chi connectivity index (χ4n) is 3.75. The van der Waals surface area contributed by atoms with Gasteiger partial charge in [0.25, 0.3) is 5.91 Å². The number of pyridine rings is 1. The average molecular weight is 407 g/mol. The summed E-state index contributed by atoms with van der Waals surface area (Å²) in [7, 11) is 0. The Labute approximate surface area is 175 Å². The van der Waals surface area contributed by atoms with E-state index in [4.69, 9.17) is 27.1 Å². The Kier molecular flexibility index (Phi) is 5.54. The molecule has 0 bridgehead atoms. The van der Waals surface area contributed by atoms with Gasteiger partial charge in [0.2, 0.25) is 0 Å². The monoisotopic (exact) mass is 406 g/mol. The van der Waals surface area contributed by atoms with Crippen LogP contribution in [0.2, 0.25) is 5.02 Å². The number of carbonyl (C=O) groups is 1. The Morgan fingerprint density at radius 1 is 1.17 bits per heavy atom. The van der Waals surface area contributed by atoms with Gasteiger partial charge in [-0.2, -0.15) is 0 Å². The first-order chi connectivity index (χ1) is 14.0. The topological polar surface area (TPSA) is 65.2 Å². The second-order valence-electron chi connectivity index (χ2n) is 7.44. The number of nitrogens with zero attached hydrogens (tertiary/aromatic N) is 1. The highest BCUT2D eigenvalue weighted by Crippen LogP contribution is 2.31. The van der Waals surface area contributed by atoms with Gasteiger partial charge < -0.3 is 10.5 Å². The molecule has 1 aliphatic carbocycles. The highest BCUT2D eigenvalue weighted by molar-refractivity contribution is 6.30. The van der Waals surface area contributed by atoms with Crippen LogP contribution in [0.15, 0.2) is 54.6 Å². The number of primary amides is 1. The minimum absolute atomic E-state index is 0.477. The van der Waals surface area contributed by atoms with Crippen molar-refractivity contribution in [2.24, 2.45) is 5.73 Å². The van der Waals surface area contributed by atoms with Crippen LogP contribution in [-0.2, 0) is 24.1 Å². The Balaban J connectivity index is 1.61. The van der Waals surface area contributed by atoms with Gasteiger partial charge in [-0.05, 0) is 79.6 Å². The summed E-state index contributed by atoms with van der Waals surface area (Å²) >= 11 is 6.18. The summed E-state index contributed by atoms with van der Waals surface area (Å²) in [5, 5.41) is 0.715. The maximum absolute atomic E-state index is 11.2. The molecule has 1 unspecified atom stereocenters. The fourth-order valence-corrected chi connectivity index (χ4v) is 3.94. The molecule has 0 fully saturated rings. The molecule has 0 aliphatic heterocycles. The van der Waals surface area contributed by atoms with E-state index in [2.05, 4.69) is 6.07 Å². The number of nitrogens with two attached hydrogens (primary N) is 1. The molecule has 0 saturated heterocycles. The van der Waals surface area contributed by atoms with Crippen molar-refractivity contribution >= 4 is 17.5 Å². The van der Waals surface area contributed by atoms with E-state index >= 15 is 0 Å². The quantitative estimate of drug-likeness (QED) is 0.643. The number of amides is 1. The Hall–Kier alpha value is -2.85. The smallest absolute Gasteiger partial charge is 0.258 e. The summed E-state index contributed by atoms with van der Waals surface area (Å²) in [6.07, 6.45) is 3.42. The fraction of sp³-hybridized carbons (Fsp3) is 0.250. The normalized spacial score (nSPS) is 13.7. The van der Waals surface area contributed by atoms with Gasteiger partial charge in [-0.3, -0.25) is 9.78 Å². The van der Waals surface area contributed by atoms with Crippen molar-refractivity contribution in [3.8, 4) is 17.0 Å². The van der Waals surface area contributed by atoms with Crippen molar-refractivity contribution in [3.05, 3.63) is 82.0 Å². The van der Waals surface area contributed by atoms with Gasteiger partial charge in [0.05, 0.1) is 5.69 Å². The van der Waals surface area contributed by atoms with Crippen molar-refractivity contribution in [1.29, 1.82) is 0 Å². The van der Waals surface area contributed by atoms with Gasteiger partial charge in [0.1, 0.15) is 5.75 Å². The first kappa shape index (κ1) is 19.5. The number of ether oxygens (including phenoxy) is 1. The molecule has 5 heteroatoms. The zero-order valence-corrected chi connectivity index (χ0v) is 17.1. The van der Waals surface area contributed by atoms with E-state index in [1.54, 1.807) is 6.92 Å². The zero-order valence-electron chi connectivity index (χ0n) is 16.3. The van der Waals surface area contributed by atoms with Crippen LogP contribution in [-0.4, -0.2) is 17.0 Å². The summed E-state index contributed by atoms with van der Waals surface area (Å²) in [5.41, 5.74) is 12.3. The molecule has 1 atom stereocenters. The lowest BCUT2D eigenvalue weighted by Crippen LogP contribution is -2.30. The second-order valence-corrected chi connectivity index (χ2v) is 7.88. The molecule has 3 aromatic rings. The van der Waals surface area contributed by atoms with E-state index < -0.39 is 12.0 Å². The summed E-state index contributed by atoms with van der Waals surface area (Å²) in [4.78, 5) is 16.1. The van der Waals surface area contributed by atoms with Gasteiger partial charge in [0.15, 0.2) is 6.10 Å². The molecule has 1 amide bonds. The van der Waals surface area contributed by atoms with E-state index in [1.165, 1.54) is 22.4 Å². The van der Waals surface area contributed by atoms with Crippen molar-refractivity contribution in [1.82, 2.24) is 4.98 Å². The van der Waals surface area contributed by atoms with Gasteiger partial charge >= 0.3 is 0 Å². The number of aryl methyl sites for hydroxylation is 1. The average Bonchev–Trinajstić information content (AvgIpc) is 3.18. The maximum atomic E-state index is 11.2. The molecule has 0 saturated carbocycles. The molecule has 2 aromatic carbocycles. The lowest BCUT2D eigenvalue weighted by atomic mass is 9.97. The second kappa shape index (κ2) is 8.26. The van der Waals surface area contributed by atoms with Crippen molar-refractivity contribution in [3.63, 3.8) is 0 Å². The molecule has 148 valence electrons. The lowest BCUT2D eigenvalue weighted by Gasteiger charge is -2.14. The van der Waals surface area contributed by atoms with Gasteiger partial charge in [-0.25, -0.2) is 0 Å². The number of benzene rings is 2.